The molecule has 0 spiro atoms. The number of carbonyl (C=O) groups excluding carboxylic acids is 2. The van der Waals surface area contributed by atoms with Crippen LogP contribution in [0.1, 0.15) is 29.2 Å². The minimum absolute atomic E-state index is 0.0286. The van der Waals surface area contributed by atoms with Gasteiger partial charge in [-0.25, -0.2) is 0 Å². The van der Waals surface area contributed by atoms with Gasteiger partial charge in [0.15, 0.2) is 5.76 Å². The van der Waals surface area contributed by atoms with Crippen LogP contribution in [-0.4, -0.2) is 36.9 Å². The number of hydrogen-bond donors (Lipinski definition) is 1. The van der Waals surface area contributed by atoms with E-state index < -0.39 is 0 Å². The van der Waals surface area contributed by atoms with E-state index in [1.165, 1.54) is 0 Å². The monoisotopic (exact) mass is 408 g/mol. The standard InChI is InChI=1S/C23H24N2O5/c1-28-15-19-7-8-21(30-19)23(27)25-11-9-16(10-12-25)22(26)24-18-5-2-4-17(14-18)20-6-3-13-29-20/h2-8,13-14,16H,9-12,15H2,1H3,(H,24,26). The first-order chi connectivity index (χ1) is 14.6. The molecule has 1 fully saturated rings. The number of likely N-dealkylation sites (tertiary alicyclic amines) is 1. The highest BCUT2D eigenvalue weighted by Crippen LogP contribution is 2.25. The van der Waals surface area contributed by atoms with E-state index in [4.69, 9.17) is 13.6 Å². The molecule has 156 valence electrons. The van der Waals surface area contributed by atoms with Gasteiger partial charge < -0.3 is 23.8 Å². The molecule has 3 aromatic rings. The van der Waals surface area contributed by atoms with E-state index in [-0.39, 0.29) is 17.7 Å². The third-order valence-electron chi connectivity index (χ3n) is 5.25. The summed E-state index contributed by atoms with van der Waals surface area (Å²) in [4.78, 5) is 27.1. The van der Waals surface area contributed by atoms with Gasteiger partial charge in [0.2, 0.25) is 5.91 Å². The number of methoxy groups -OCH3 is 1. The molecule has 0 saturated carbocycles. The Hall–Kier alpha value is -3.32. The lowest BCUT2D eigenvalue weighted by Crippen LogP contribution is -2.41. The number of benzene rings is 1. The minimum atomic E-state index is -0.151. The molecular formula is C23H24N2O5. The first-order valence-electron chi connectivity index (χ1n) is 9.96. The average molecular weight is 408 g/mol. The fraction of sp³-hybridized carbons (Fsp3) is 0.304. The number of carbonyl (C=O) groups is 2. The summed E-state index contributed by atoms with van der Waals surface area (Å²) >= 11 is 0. The number of anilines is 1. The molecule has 0 atom stereocenters. The lowest BCUT2D eigenvalue weighted by atomic mass is 9.95. The highest BCUT2D eigenvalue weighted by molar-refractivity contribution is 5.94. The van der Waals surface area contributed by atoms with Crippen LogP contribution in [0.2, 0.25) is 0 Å². The maximum Gasteiger partial charge on any atom is 0.289 e. The summed E-state index contributed by atoms with van der Waals surface area (Å²) in [6.45, 7) is 1.37. The number of hydrogen-bond acceptors (Lipinski definition) is 5. The Balaban J connectivity index is 1.32. The molecule has 2 amide bonds. The van der Waals surface area contributed by atoms with Crippen molar-refractivity contribution in [3.63, 3.8) is 0 Å². The third-order valence-corrected chi connectivity index (χ3v) is 5.25. The molecule has 1 N–H and O–H groups in total. The number of furan rings is 2. The third kappa shape index (κ3) is 4.46. The normalized spacial score (nSPS) is 14.6. The highest BCUT2D eigenvalue weighted by atomic mass is 16.5. The Kier molecular flexibility index (Phi) is 5.99. The largest absolute Gasteiger partial charge is 0.464 e. The molecule has 0 aliphatic carbocycles. The molecule has 7 nitrogen and oxygen atoms in total. The Bertz CT molecular complexity index is 1000. The maximum atomic E-state index is 12.7. The summed E-state index contributed by atoms with van der Waals surface area (Å²) in [5.41, 5.74) is 1.64. The van der Waals surface area contributed by atoms with Crippen molar-refractivity contribution in [2.75, 3.05) is 25.5 Å². The zero-order valence-electron chi connectivity index (χ0n) is 16.8. The molecule has 1 aromatic carbocycles. The fourth-order valence-electron chi connectivity index (χ4n) is 3.65. The van der Waals surface area contributed by atoms with Gasteiger partial charge >= 0.3 is 0 Å². The van der Waals surface area contributed by atoms with Crippen molar-refractivity contribution in [2.24, 2.45) is 5.92 Å². The van der Waals surface area contributed by atoms with Crippen molar-refractivity contribution in [1.29, 1.82) is 0 Å². The quantitative estimate of drug-likeness (QED) is 0.661. The molecule has 1 aliphatic heterocycles. The topological polar surface area (TPSA) is 84.9 Å². The van der Waals surface area contributed by atoms with Crippen LogP contribution in [0.15, 0.2) is 63.6 Å². The first-order valence-corrected chi connectivity index (χ1v) is 9.96. The van der Waals surface area contributed by atoms with E-state index in [0.29, 0.717) is 44.1 Å². The van der Waals surface area contributed by atoms with Crippen LogP contribution in [0.5, 0.6) is 0 Å². The maximum absolute atomic E-state index is 12.7. The minimum Gasteiger partial charge on any atom is -0.464 e. The van der Waals surface area contributed by atoms with Gasteiger partial charge in [-0.1, -0.05) is 12.1 Å². The van der Waals surface area contributed by atoms with Gasteiger partial charge in [-0.2, -0.15) is 0 Å². The second-order valence-corrected chi connectivity index (χ2v) is 7.31. The van der Waals surface area contributed by atoms with Gasteiger partial charge in [0.1, 0.15) is 18.1 Å². The predicted molar refractivity (Wildman–Crippen MR) is 111 cm³/mol. The summed E-state index contributed by atoms with van der Waals surface area (Å²) < 4.78 is 16.0. The van der Waals surface area contributed by atoms with Gasteiger partial charge in [0.05, 0.1) is 6.26 Å². The molecule has 0 bridgehead atoms. The number of nitrogens with zero attached hydrogens (tertiary/aromatic N) is 1. The molecule has 30 heavy (non-hydrogen) atoms. The van der Waals surface area contributed by atoms with E-state index >= 15 is 0 Å². The Morgan fingerprint density at radius 3 is 2.70 bits per heavy atom. The van der Waals surface area contributed by atoms with Crippen LogP contribution in [0.3, 0.4) is 0 Å². The number of rotatable bonds is 6. The van der Waals surface area contributed by atoms with Gasteiger partial charge in [0, 0.05) is 37.4 Å². The van der Waals surface area contributed by atoms with E-state index in [9.17, 15) is 9.59 Å². The Labute approximate surface area is 174 Å². The van der Waals surface area contributed by atoms with E-state index in [1.807, 2.05) is 36.4 Å². The van der Waals surface area contributed by atoms with Crippen molar-refractivity contribution < 1.29 is 23.2 Å². The van der Waals surface area contributed by atoms with Gasteiger partial charge in [-0.15, -0.1) is 0 Å². The van der Waals surface area contributed by atoms with Crippen molar-refractivity contribution >= 4 is 17.5 Å². The summed E-state index contributed by atoms with van der Waals surface area (Å²) in [5.74, 6) is 1.36. The Morgan fingerprint density at radius 2 is 1.97 bits per heavy atom. The second-order valence-electron chi connectivity index (χ2n) is 7.31. The zero-order chi connectivity index (χ0) is 20.9. The van der Waals surface area contributed by atoms with Gasteiger partial charge in [-0.05, 0) is 49.2 Å². The van der Waals surface area contributed by atoms with E-state index in [2.05, 4.69) is 5.32 Å². The molecule has 7 heteroatoms. The van der Waals surface area contributed by atoms with Crippen molar-refractivity contribution in [1.82, 2.24) is 4.90 Å². The summed E-state index contributed by atoms with van der Waals surface area (Å²) in [6, 6.07) is 14.7. The smallest absolute Gasteiger partial charge is 0.289 e. The Morgan fingerprint density at radius 1 is 1.13 bits per heavy atom. The molecule has 0 unspecified atom stereocenters. The fourth-order valence-corrected chi connectivity index (χ4v) is 3.65. The average Bonchev–Trinajstić information content (AvgIpc) is 3.46. The molecule has 1 saturated heterocycles. The van der Waals surface area contributed by atoms with Crippen LogP contribution in [0, 0.1) is 5.92 Å². The summed E-state index contributed by atoms with van der Waals surface area (Å²) in [6.07, 6.45) is 2.85. The molecule has 4 rings (SSSR count). The van der Waals surface area contributed by atoms with E-state index in [0.717, 1.165) is 17.0 Å². The predicted octanol–water partition coefficient (Wildman–Crippen LogP) is 4.18. The lowest BCUT2D eigenvalue weighted by Gasteiger charge is -2.30. The number of piperidine rings is 1. The number of nitrogens with one attached hydrogen (secondary N) is 1. The second kappa shape index (κ2) is 9.00. The van der Waals surface area contributed by atoms with E-state index in [1.54, 1.807) is 30.4 Å². The van der Waals surface area contributed by atoms with Crippen LogP contribution in [0.25, 0.3) is 11.3 Å². The van der Waals surface area contributed by atoms with Crippen LogP contribution < -0.4 is 5.32 Å². The molecular weight excluding hydrogens is 384 g/mol. The number of ether oxygens (including phenoxy) is 1. The van der Waals surface area contributed by atoms with Gasteiger partial charge in [0.25, 0.3) is 5.91 Å². The lowest BCUT2D eigenvalue weighted by molar-refractivity contribution is -0.121. The molecule has 0 radical (unpaired) electrons. The zero-order valence-corrected chi connectivity index (χ0v) is 16.8. The van der Waals surface area contributed by atoms with Crippen molar-refractivity contribution in [3.05, 3.63) is 66.3 Å². The SMILES string of the molecule is COCc1ccc(C(=O)N2CCC(C(=O)Nc3cccc(-c4ccco4)c3)CC2)o1. The van der Waals surface area contributed by atoms with Crippen LogP contribution in [-0.2, 0) is 16.1 Å². The molecule has 3 heterocycles. The first kappa shape index (κ1) is 20.0. The van der Waals surface area contributed by atoms with Crippen molar-refractivity contribution in [2.45, 2.75) is 19.4 Å². The van der Waals surface area contributed by atoms with Gasteiger partial charge in [-0.3, -0.25) is 9.59 Å². The van der Waals surface area contributed by atoms with Crippen LogP contribution in [0.4, 0.5) is 5.69 Å². The van der Waals surface area contributed by atoms with Crippen LogP contribution >= 0.6 is 0 Å². The molecule has 1 aliphatic rings. The molecule has 2 aromatic heterocycles. The number of amides is 2. The summed E-state index contributed by atoms with van der Waals surface area (Å²) in [7, 11) is 1.58. The summed E-state index contributed by atoms with van der Waals surface area (Å²) in [5, 5.41) is 2.99. The van der Waals surface area contributed by atoms with Crippen molar-refractivity contribution in [3.8, 4) is 11.3 Å². The highest BCUT2D eigenvalue weighted by Gasteiger charge is 2.29.